The standard InChI is InChI=1S/C32H30ClF4NO2S/c1-22-29(34)18-26(19-30(22)41-39)40-17-9-16-38(20-25-14-8-15-28(31(25)33)32(35,36)37)21-27(23-10-4-2-5-11-23)24-12-6-3-7-13-24/h2-8,10-15,18-19,27,39H,9,16-17,20-21H2,1H3. The summed E-state index contributed by atoms with van der Waals surface area (Å²) < 4.78 is 70.2. The van der Waals surface area contributed by atoms with Gasteiger partial charge in [0.2, 0.25) is 0 Å². The molecule has 4 aromatic carbocycles. The second-order valence-corrected chi connectivity index (χ2v) is 10.7. The fraction of sp³-hybridized carbons (Fsp3) is 0.250. The topological polar surface area (TPSA) is 32.7 Å². The number of ether oxygens (including phenoxy) is 1. The Labute approximate surface area is 246 Å². The summed E-state index contributed by atoms with van der Waals surface area (Å²) >= 11 is 6.73. The summed E-state index contributed by atoms with van der Waals surface area (Å²) in [4.78, 5) is 2.44. The molecule has 0 aliphatic rings. The molecule has 0 bridgehead atoms. The maximum absolute atomic E-state index is 14.2. The van der Waals surface area contributed by atoms with E-state index in [2.05, 4.69) is 4.90 Å². The maximum Gasteiger partial charge on any atom is 0.417 e. The minimum atomic E-state index is -4.56. The first-order chi connectivity index (χ1) is 19.7. The molecule has 0 heterocycles. The second kappa shape index (κ2) is 14.2. The van der Waals surface area contributed by atoms with Crippen LogP contribution < -0.4 is 4.74 Å². The number of hydrogen-bond acceptors (Lipinski definition) is 4. The van der Waals surface area contributed by atoms with E-state index in [1.54, 1.807) is 19.1 Å². The molecule has 0 fully saturated rings. The predicted octanol–water partition coefficient (Wildman–Crippen LogP) is 9.47. The Morgan fingerprint density at radius 1 is 0.927 bits per heavy atom. The van der Waals surface area contributed by atoms with Crippen molar-refractivity contribution in [3.8, 4) is 5.75 Å². The summed E-state index contributed by atoms with van der Waals surface area (Å²) in [6, 6.07) is 26.7. The molecule has 9 heteroatoms. The monoisotopic (exact) mass is 603 g/mol. The van der Waals surface area contributed by atoms with Crippen LogP contribution in [0.2, 0.25) is 5.02 Å². The first-order valence-electron chi connectivity index (χ1n) is 13.1. The van der Waals surface area contributed by atoms with Crippen LogP contribution in [0.25, 0.3) is 0 Å². The summed E-state index contributed by atoms with van der Waals surface area (Å²) in [5, 5.41) is -0.304. The Bertz CT molecular complexity index is 1380. The molecule has 0 radical (unpaired) electrons. The molecule has 0 atom stereocenters. The molecule has 4 rings (SSSR count). The van der Waals surface area contributed by atoms with Gasteiger partial charge in [0.15, 0.2) is 0 Å². The second-order valence-electron chi connectivity index (χ2n) is 9.71. The highest BCUT2D eigenvalue weighted by molar-refractivity contribution is 7.93. The molecule has 4 aromatic rings. The van der Waals surface area contributed by atoms with Crippen molar-refractivity contribution in [3.63, 3.8) is 0 Å². The summed E-state index contributed by atoms with van der Waals surface area (Å²) in [6.45, 7) is 3.02. The van der Waals surface area contributed by atoms with E-state index < -0.39 is 17.6 Å². The molecule has 1 N–H and O–H groups in total. The van der Waals surface area contributed by atoms with Crippen molar-refractivity contribution >= 4 is 23.6 Å². The molecular formula is C32H30ClF4NO2S. The molecule has 0 saturated heterocycles. The van der Waals surface area contributed by atoms with Crippen molar-refractivity contribution in [1.29, 1.82) is 0 Å². The van der Waals surface area contributed by atoms with Crippen molar-refractivity contribution in [3.05, 3.63) is 130 Å². The lowest BCUT2D eigenvalue weighted by Gasteiger charge is -2.29. The first-order valence-corrected chi connectivity index (χ1v) is 14.2. The summed E-state index contributed by atoms with van der Waals surface area (Å²) in [5.74, 6) is -0.227. The Hall–Kier alpha value is -3.04. The van der Waals surface area contributed by atoms with Gasteiger partial charge >= 0.3 is 6.18 Å². The Kier molecular flexibility index (Phi) is 10.7. The van der Waals surface area contributed by atoms with Crippen LogP contribution in [-0.4, -0.2) is 29.1 Å². The van der Waals surface area contributed by atoms with Gasteiger partial charge < -0.3 is 9.29 Å². The SMILES string of the molecule is Cc1c(F)cc(OCCCN(Cc2cccc(C(F)(F)F)c2Cl)CC(c2ccccc2)c2ccccc2)cc1SO. The minimum absolute atomic E-state index is 0.0433. The number of benzene rings is 4. The van der Waals surface area contributed by atoms with E-state index in [-0.39, 0.29) is 24.1 Å². The van der Waals surface area contributed by atoms with Gasteiger partial charge in [0.05, 0.1) is 17.2 Å². The Morgan fingerprint density at radius 2 is 1.56 bits per heavy atom. The van der Waals surface area contributed by atoms with Gasteiger partial charge in [-0.15, -0.1) is 0 Å². The third kappa shape index (κ3) is 8.26. The van der Waals surface area contributed by atoms with Crippen LogP contribution in [0.15, 0.2) is 95.9 Å². The van der Waals surface area contributed by atoms with Gasteiger partial charge in [-0.2, -0.15) is 13.2 Å². The van der Waals surface area contributed by atoms with Crippen LogP contribution in [0, 0.1) is 12.7 Å². The maximum atomic E-state index is 14.2. The zero-order chi connectivity index (χ0) is 29.4. The lowest BCUT2D eigenvalue weighted by atomic mass is 9.90. The Balaban J connectivity index is 1.57. The molecule has 0 amide bonds. The first kappa shape index (κ1) is 30.9. The van der Waals surface area contributed by atoms with E-state index in [4.69, 9.17) is 16.3 Å². The molecule has 0 aromatic heterocycles. The number of alkyl halides is 3. The van der Waals surface area contributed by atoms with E-state index in [1.807, 2.05) is 60.7 Å². The zero-order valence-corrected chi connectivity index (χ0v) is 23.9. The van der Waals surface area contributed by atoms with Gasteiger partial charge in [-0.25, -0.2) is 4.39 Å². The predicted molar refractivity (Wildman–Crippen MR) is 156 cm³/mol. The van der Waals surface area contributed by atoms with Gasteiger partial charge in [-0.3, -0.25) is 4.90 Å². The quantitative estimate of drug-likeness (QED) is 0.0993. The molecule has 0 unspecified atom stereocenters. The minimum Gasteiger partial charge on any atom is -0.493 e. The van der Waals surface area contributed by atoms with Crippen molar-refractivity contribution in [2.75, 3.05) is 19.7 Å². The average Bonchev–Trinajstić information content (AvgIpc) is 2.96. The molecule has 3 nitrogen and oxygen atoms in total. The lowest BCUT2D eigenvalue weighted by Crippen LogP contribution is -2.31. The largest absolute Gasteiger partial charge is 0.493 e. The lowest BCUT2D eigenvalue weighted by molar-refractivity contribution is -0.137. The van der Waals surface area contributed by atoms with Gasteiger partial charge in [0, 0.05) is 54.1 Å². The van der Waals surface area contributed by atoms with Gasteiger partial charge in [0.1, 0.15) is 11.6 Å². The van der Waals surface area contributed by atoms with Crippen LogP contribution in [0.4, 0.5) is 17.6 Å². The number of rotatable bonds is 12. The summed E-state index contributed by atoms with van der Waals surface area (Å²) in [6.07, 6.45) is -4.04. The van der Waals surface area contributed by atoms with E-state index in [0.29, 0.717) is 53.3 Å². The highest BCUT2D eigenvalue weighted by atomic mass is 35.5. The third-order valence-corrected chi connectivity index (χ3v) is 7.95. The highest BCUT2D eigenvalue weighted by Gasteiger charge is 2.34. The molecule has 0 aliphatic heterocycles. The van der Waals surface area contributed by atoms with E-state index in [1.165, 1.54) is 12.1 Å². The molecule has 0 spiro atoms. The van der Waals surface area contributed by atoms with Gasteiger partial charge in [-0.1, -0.05) is 84.4 Å². The molecule has 0 aliphatic carbocycles. The fourth-order valence-electron chi connectivity index (χ4n) is 4.72. The zero-order valence-electron chi connectivity index (χ0n) is 22.4. The van der Waals surface area contributed by atoms with Crippen LogP contribution in [0.1, 0.15) is 40.2 Å². The van der Waals surface area contributed by atoms with Crippen molar-refractivity contribution in [2.45, 2.75) is 36.9 Å². The van der Waals surface area contributed by atoms with Gasteiger partial charge in [0.25, 0.3) is 0 Å². The van der Waals surface area contributed by atoms with Crippen LogP contribution in [0.3, 0.4) is 0 Å². The van der Waals surface area contributed by atoms with Crippen molar-refractivity contribution in [1.82, 2.24) is 4.90 Å². The fourth-order valence-corrected chi connectivity index (χ4v) is 5.41. The van der Waals surface area contributed by atoms with Crippen molar-refractivity contribution in [2.24, 2.45) is 0 Å². The average molecular weight is 604 g/mol. The number of hydrogen-bond donors (Lipinski definition) is 1. The van der Waals surface area contributed by atoms with Crippen LogP contribution >= 0.6 is 23.6 Å². The van der Waals surface area contributed by atoms with E-state index in [0.717, 1.165) is 17.2 Å². The summed E-state index contributed by atoms with van der Waals surface area (Å²) in [7, 11) is 0. The molecular weight excluding hydrogens is 574 g/mol. The number of halogens is 5. The van der Waals surface area contributed by atoms with Crippen LogP contribution in [0.5, 0.6) is 5.75 Å². The van der Waals surface area contributed by atoms with Crippen LogP contribution in [-0.2, 0) is 12.7 Å². The molecule has 0 saturated carbocycles. The van der Waals surface area contributed by atoms with E-state index >= 15 is 0 Å². The highest BCUT2D eigenvalue weighted by Crippen LogP contribution is 2.37. The summed E-state index contributed by atoms with van der Waals surface area (Å²) in [5.41, 5.74) is 2.02. The Morgan fingerprint density at radius 3 is 2.15 bits per heavy atom. The smallest absolute Gasteiger partial charge is 0.417 e. The molecule has 216 valence electrons. The third-order valence-electron chi connectivity index (χ3n) is 6.88. The number of nitrogens with zero attached hydrogens (tertiary/aromatic N) is 1. The molecule has 41 heavy (non-hydrogen) atoms. The van der Waals surface area contributed by atoms with Gasteiger partial charge in [-0.05, 0) is 42.2 Å². The van der Waals surface area contributed by atoms with Crippen molar-refractivity contribution < 1.29 is 26.9 Å². The normalized spacial score (nSPS) is 11.8. The van der Waals surface area contributed by atoms with E-state index in [9.17, 15) is 22.1 Å².